The van der Waals surface area contributed by atoms with E-state index in [1.807, 2.05) is 12.1 Å². The fourth-order valence-corrected chi connectivity index (χ4v) is 1.28. The molecule has 0 saturated heterocycles. The van der Waals surface area contributed by atoms with Gasteiger partial charge >= 0.3 is 0 Å². The fourth-order valence-electron chi connectivity index (χ4n) is 0.996. The van der Waals surface area contributed by atoms with Gasteiger partial charge in [-0.05, 0) is 6.07 Å². The Morgan fingerprint density at radius 3 is 3.08 bits per heavy atom. The van der Waals surface area contributed by atoms with Crippen molar-refractivity contribution in [2.75, 3.05) is 13.7 Å². The first-order chi connectivity index (χ1) is 5.75. The van der Waals surface area contributed by atoms with Crippen molar-refractivity contribution in [2.24, 2.45) is 5.73 Å². The highest BCUT2D eigenvalue weighted by atomic mass is 32.1. The minimum atomic E-state index is -0.139. The Kier molecular flexibility index (Phi) is 3.40. The molecule has 4 heteroatoms. The number of rotatable bonds is 3. The zero-order valence-corrected chi connectivity index (χ0v) is 7.73. The lowest BCUT2D eigenvalue weighted by molar-refractivity contribution is 0.180. The molecule has 0 bridgehead atoms. The lowest BCUT2D eigenvalue weighted by Crippen LogP contribution is -2.16. The lowest BCUT2D eigenvalue weighted by atomic mass is 10.1. The van der Waals surface area contributed by atoms with Gasteiger partial charge in [0.1, 0.15) is 4.64 Å². The maximum absolute atomic E-state index is 5.79. The van der Waals surface area contributed by atoms with E-state index in [-0.39, 0.29) is 6.04 Å². The van der Waals surface area contributed by atoms with E-state index in [9.17, 15) is 0 Å². The maximum Gasteiger partial charge on any atom is 0.108 e. The molecule has 0 saturated carbocycles. The topological polar surface area (TPSA) is 51.0 Å². The first-order valence-electron chi connectivity index (χ1n) is 3.68. The number of ether oxygens (including phenoxy) is 1. The van der Waals surface area contributed by atoms with Gasteiger partial charge in [-0.2, -0.15) is 0 Å². The highest BCUT2D eigenvalue weighted by molar-refractivity contribution is 7.71. The summed E-state index contributed by atoms with van der Waals surface area (Å²) in [6, 6.07) is 3.64. The second kappa shape index (κ2) is 4.35. The molecule has 3 N–H and O–H groups in total. The third kappa shape index (κ3) is 2.14. The number of pyridine rings is 1. The van der Waals surface area contributed by atoms with Crippen LogP contribution in [0.1, 0.15) is 11.6 Å². The monoisotopic (exact) mass is 184 g/mol. The third-order valence-corrected chi connectivity index (χ3v) is 1.95. The van der Waals surface area contributed by atoms with Gasteiger partial charge in [-0.15, -0.1) is 0 Å². The molecule has 0 radical (unpaired) electrons. The van der Waals surface area contributed by atoms with Crippen LogP contribution >= 0.6 is 12.2 Å². The summed E-state index contributed by atoms with van der Waals surface area (Å²) in [7, 11) is 1.62. The van der Waals surface area contributed by atoms with Crippen molar-refractivity contribution in [1.29, 1.82) is 0 Å². The van der Waals surface area contributed by atoms with Gasteiger partial charge in [0.2, 0.25) is 0 Å². The van der Waals surface area contributed by atoms with Gasteiger partial charge in [0.15, 0.2) is 0 Å². The van der Waals surface area contributed by atoms with Gasteiger partial charge in [-0.1, -0.05) is 18.3 Å². The van der Waals surface area contributed by atoms with E-state index in [0.717, 1.165) is 5.56 Å². The largest absolute Gasteiger partial charge is 0.383 e. The van der Waals surface area contributed by atoms with Gasteiger partial charge < -0.3 is 15.5 Å². The van der Waals surface area contributed by atoms with Crippen molar-refractivity contribution < 1.29 is 4.74 Å². The molecule has 0 aliphatic carbocycles. The van der Waals surface area contributed by atoms with E-state index in [2.05, 4.69) is 4.98 Å². The zero-order chi connectivity index (χ0) is 8.97. The maximum atomic E-state index is 5.79. The molecule has 1 aromatic rings. The van der Waals surface area contributed by atoms with Crippen LogP contribution in [0.25, 0.3) is 0 Å². The molecule has 0 fully saturated rings. The average Bonchev–Trinajstić information content (AvgIpc) is 2.05. The van der Waals surface area contributed by atoms with Crippen LogP contribution in [0.2, 0.25) is 0 Å². The van der Waals surface area contributed by atoms with Gasteiger partial charge in [0.05, 0.1) is 12.6 Å². The van der Waals surface area contributed by atoms with Crippen molar-refractivity contribution in [3.05, 3.63) is 28.5 Å². The first-order valence-corrected chi connectivity index (χ1v) is 4.08. The van der Waals surface area contributed by atoms with E-state index in [4.69, 9.17) is 22.7 Å². The Morgan fingerprint density at radius 2 is 2.50 bits per heavy atom. The van der Waals surface area contributed by atoms with E-state index >= 15 is 0 Å². The quantitative estimate of drug-likeness (QED) is 0.698. The molecule has 12 heavy (non-hydrogen) atoms. The number of nitrogens with one attached hydrogen (secondary N) is 1. The molecular formula is C8H12N2OS. The predicted molar refractivity (Wildman–Crippen MR) is 50.4 cm³/mol. The summed E-state index contributed by atoms with van der Waals surface area (Å²) >= 11 is 5.05. The second-order valence-electron chi connectivity index (χ2n) is 2.52. The molecule has 1 aromatic heterocycles. The van der Waals surface area contributed by atoms with Crippen molar-refractivity contribution in [1.82, 2.24) is 4.98 Å². The van der Waals surface area contributed by atoms with Gasteiger partial charge in [-0.3, -0.25) is 0 Å². The number of nitrogens with two attached hydrogens (primary N) is 1. The number of hydrogen-bond donors (Lipinski definition) is 2. The first kappa shape index (κ1) is 9.38. The van der Waals surface area contributed by atoms with Crippen LogP contribution in [0.5, 0.6) is 0 Å². The zero-order valence-electron chi connectivity index (χ0n) is 6.91. The van der Waals surface area contributed by atoms with Gasteiger partial charge in [-0.25, -0.2) is 0 Å². The smallest absolute Gasteiger partial charge is 0.108 e. The van der Waals surface area contributed by atoms with Crippen LogP contribution in [-0.2, 0) is 4.74 Å². The van der Waals surface area contributed by atoms with Gasteiger partial charge in [0, 0.05) is 18.9 Å². The third-order valence-electron chi connectivity index (χ3n) is 1.59. The van der Waals surface area contributed by atoms with Crippen LogP contribution in [0.15, 0.2) is 18.3 Å². The molecule has 1 atom stereocenters. The molecule has 0 amide bonds. The van der Waals surface area contributed by atoms with Crippen molar-refractivity contribution >= 4 is 12.2 Å². The number of H-pyrrole nitrogens is 1. The number of aromatic amines is 1. The number of aromatic nitrogens is 1. The molecule has 3 nitrogen and oxygen atoms in total. The lowest BCUT2D eigenvalue weighted by Gasteiger charge is -2.09. The molecule has 0 aliphatic heterocycles. The summed E-state index contributed by atoms with van der Waals surface area (Å²) in [5.41, 5.74) is 6.72. The van der Waals surface area contributed by atoms with Crippen LogP contribution in [-0.4, -0.2) is 18.7 Å². The average molecular weight is 184 g/mol. The second-order valence-corrected chi connectivity index (χ2v) is 2.92. The highest BCUT2D eigenvalue weighted by Crippen LogP contribution is 2.09. The molecule has 1 heterocycles. The molecule has 66 valence electrons. The standard InChI is InChI=1S/C8H12N2OS/c1-11-5-7(9)6-3-2-4-10-8(6)12/h2-4,7H,5,9H2,1H3,(H,10,12). The SMILES string of the molecule is COCC(N)c1ccc[nH]c1=S. The molecule has 0 aromatic carbocycles. The molecule has 0 spiro atoms. The summed E-state index contributed by atoms with van der Waals surface area (Å²) < 4.78 is 5.61. The summed E-state index contributed by atoms with van der Waals surface area (Å²) in [5.74, 6) is 0. The predicted octanol–water partition coefficient (Wildman–Crippen LogP) is 1.39. The fraction of sp³-hybridized carbons (Fsp3) is 0.375. The summed E-state index contributed by atoms with van der Waals surface area (Å²) in [6.45, 7) is 0.488. The number of hydrogen-bond acceptors (Lipinski definition) is 3. The Balaban J connectivity index is 2.87. The van der Waals surface area contributed by atoms with Crippen molar-refractivity contribution in [2.45, 2.75) is 6.04 Å². The summed E-state index contributed by atoms with van der Waals surface area (Å²) in [4.78, 5) is 2.92. The normalized spacial score (nSPS) is 12.8. The molecule has 1 unspecified atom stereocenters. The van der Waals surface area contributed by atoms with Crippen LogP contribution in [0.4, 0.5) is 0 Å². The Bertz CT molecular complexity index is 297. The summed E-state index contributed by atoms with van der Waals surface area (Å²) in [6.07, 6.45) is 1.78. The van der Waals surface area contributed by atoms with Crippen molar-refractivity contribution in [3.8, 4) is 0 Å². The minimum absolute atomic E-state index is 0.139. The van der Waals surface area contributed by atoms with Crippen LogP contribution in [0.3, 0.4) is 0 Å². The van der Waals surface area contributed by atoms with Crippen LogP contribution in [0, 0.1) is 4.64 Å². The Labute approximate surface area is 76.6 Å². The number of methoxy groups -OCH3 is 1. The molecule has 0 aliphatic rings. The van der Waals surface area contributed by atoms with E-state index in [1.165, 1.54) is 0 Å². The molecule has 1 rings (SSSR count). The Morgan fingerprint density at radius 1 is 1.75 bits per heavy atom. The van der Waals surface area contributed by atoms with Gasteiger partial charge in [0.25, 0.3) is 0 Å². The minimum Gasteiger partial charge on any atom is -0.383 e. The van der Waals surface area contributed by atoms with Crippen LogP contribution < -0.4 is 5.73 Å². The van der Waals surface area contributed by atoms with Crippen molar-refractivity contribution in [3.63, 3.8) is 0 Å². The van der Waals surface area contributed by atoms with E-state index in [0.29, 0.717) is 11.2 Å². The highest BCUT2D eigenvalue weighted by Gasteiger charge is 2.05. The van der Waals surface area contributed by atoms with E-state index in [1.54, 1.807) is 13.3 Å². The summed E-state index contributed by atoms with van der Waals surface area (Å²) in [5, 5.41) is 0. The Hall–Kier alpha value is -0.710. The molecular weight excluding hydrogens is 172 g/mol. The van der Waals surface area contributed by atoms with E-state index < -0.39 is 0 Å².